The van der Waals surface area contributed by atoms with E-state index in [4.69, 9.17) is 16.8 Å². The van der Waals surface area contributed by atoms with E-state index in [2.05, 4.69) is 0 Å². The Morgan fingerprint density at radius 1 is 0.347 bits per heavy atom. The Labute approximate surface area is 302 Å². The third kappa shape index (κ3) is 4.33. The van der Waals surface area contributed by atoms with Gasteiger partial charge in [0, 0.05) is 16.3 Å². The number of fused-ring (bicyclic) bond motifs is 6. The van der Waals surface area contributed by atoms with Crippen molar-refractivity contribution in [1.29, 1.82) is 0 Å². The third-order valence-corrected chi connectivity index (χ3v) is 9.21. The van der Waals surface area contributed by atoms with Crippen molar-refractivity contribution in [2.45, 2.75) is 0 Å². The van der Waals surface area contributed by atoms with Crippen molar-refractivity contribution in [3.8, 4) is 44.5 Å². The summed E-state index contributed by atoms with van der Waals surface area (Å²) in [7, 11) is 0. The van der Waals surface area contributed by atoms with Gasteiger partial charge in [-0.3, -0.25) is 0 Å². The lowest BCUT2D eigenvalue weighted by Crippen LogP contribution is -1.92. The van der Waals surface area contributed by atoms with Gasteiger partial charge in [0.1, 0.15) is 11.2 Å². The fraction of sp³-hybridized carbons (Fsp3) is 0. The van der Waals surface area contributed by atoms with Gasteiger partial charge in [-0.05, 0) is 83.4 Å². The number of rotatable bonds is 4. The van der Waals surface area contributed by atoms with Crippen LogP contribution in [0.2, 0.25) is 0 Å². The summed E-state index contributed by atoms with van der Waals surface area (Å²) in [6, 6.07) is 24.7. The molecule has 9 aromatic carbocycles. The lowest BCUT2D eigenvalue weighted by atomic mass is 9.84. The van der Waals surface area contributed by atoms with Crippen molar-refractivity contribution >= 4 is 54.3 Å². The van der Waals surface area contributed by atoms with E-state index in [1.54, 1.807) is 12.1 Å². The van der Waals surface area contributed by atoms with Crippen molar-refractivity contribution in [2.24, 2.45) is 0 Å². The van der Waals surface area contributed by atoms with Gasteiger partial charge in [0.15, 0.2) is 0 Å². The standard InChI is InChI=1S/C48H30O/c1-3-14-31(15-4-1)35-24-13-25-44-38-27-26-33(30-45(38)49-48(35)44)34-28-29-43(37-19-8-7-18-36(34)37)47-41-22-11-9-20-39(41)46(32-16-5-2-6-17-32)40-21-10-12-23-42(40)47/h1-30H/i2D,5D,6D,9D,10D,11D,12D,16D,17D,20D,21D,22D,23D. The van der Waals surface area contributed by atoms with Gasteiger partial charge < -0.3 is 4.42 Å². The van der Waals surface area contributed by atoms with Crippen LogP contribution in [-0.2, 0) is 0 Å². The summed E-state index contributed by atoms with van der Waals surface area (Å²) in [5, 5.41) is 2.45. The monoisotopic (exact) mass is 635 g/mol. The first-order valence-corrected chi connectivity index (χ1v) is 15.8. The summed E-state index contributed by atoms with van der Waals surface area (Å²) in [5.41, 5.74) is 4.72. The predicted octanol–water partition coefficient (Wildman–Crippen LogP) is 13.7. The minimum Gasteiger partial charge on any atom is -0.455 e. The fourth-order valence-corrected chi connectivity index (χ4v) is 7.10. The van der Waals surface area contributed by atoms with Crippen molar-refractivity contribution in [3.05, 3.63) is 182 Å². The molecule has 0 N–H and O–H groups in total. The number of hydrogen-bond donors (Lipinski definition) is 0. The summed E-state index contributed by atoms with van der Waals surface area (Å²) >= 11 is 0. The van der Waals surface area contributed by atoms with E-state index in [1.807, 2.05) is 91.0 Å². The quantitative estimate of drug-likeness (QED) is 0.175. The highest BCUT2D eigenvalue weighted by atomic mass is 16.3. The molecule has 1 nitrogen and oxygen atoms in total. The van der Waals surface area contributed by atoms with Gasteiger partial charge in [-0.25, -0.2) is 0 Å². The predicted molar refractivity (Wildman–Crippen MR) is 208 cm³/mol. The molecule has 0 aliphatic heterocycles. The Hall–Kier alpha value is -6.44. The minimum absolute atomic E-state index is 0.0778. The largest absolute Gasteiger partial charge is 0.455 e. The highest BCUT2D eigenvalue weighted by Crippen LogP contribution is 2.47. The van der Waals surface area contributed by atoms with E-state index in [0.717, 1.165) is 44.0 Å². The normalized spacial score (nSPS) is 15.4. The Kier molecular flexibility index (Phi) is 3.99. The Bertz CT molecular complexity index is 3510. The van der Waals surface area contributed by atoms with E-state index < -0.39 is 84.1 Å². The molecule has 1 heteroatoms. The fourth-order valence-electron chi connectivity index (χ4n) is 7.10. The molecule has 1 heterocycles. The maximum absolute atomic E-state index is 9.38. The van der Waals surface area contributed by atoms with Gasteiger partial charge in [0.25, 0.3) is 0 Å². The maximum atomic E-state index is 9.38. The highest BCUT2D eigenvalue weighted by molar-refractivity contribution is 6.24. The molecule has 49 heavy (non-hydrogen) atoms. The number of benzene rings is 9. The van der Waals surface area contributed by atoms with Crippen LogP contribution in [0.25, 0.3) is 98.8 Å². The topological polar surface area (TPSA) is 13.1 Å². The van der Waals surface area contributed by atoms with Crippen LogP contribution >= 0.6 is 0 Å². The van der Waals surface area contributed by atoms with Crippen molar-refractivity contribution < 1.29 is 22.2 Å². The molecule has 0 radical (unpaired) electrons. The first-order chi connectivity index (χ1) is 29.7. The average Bonchev–Trinajstić information content (AvgIpc) is 3.67. The molecule has 10 rings (SSSR count). The summed E-state index contributed by atoms with van der Waals surface area (Å²) in [5.74, 6) is 0. The molecule has 0 spiro atoms. The lowest BCUT2D eigenvalue weighted by Gasteiger charge is -2.19. The van der Waals surface area contributed by atoms with Crippen LogP contribution in [0.15, 0.2) is 186 Å². The van der Waals surface area contributed by atoms with Crippen LogP contribution in [0, 0.1) is 0 Å². The molecular formula is C48H30O. The number of furan rings is 1. The Morgan fingerprint density at radius 2 is 0.939 bits per heavy atom. The molecule has 228 valence electrons. The van der Waals surface area contributed by atoms with E-state index in [0.29, 0.717) is 16.5 Å². The highest BCUT2D eigenvalue weighted by Gasteiger charge is 2.19. The molecule has 0 unspecified atom stereocenters. The van der Waals surface area contributed by atoms with Crippen LogP contribution in [0.3, 0.4) is 0 Å². The Balaban J connectivity index is 1.32. The van der Waals surface area contributed by atoms with Crippen LogP contribution in [-0.4, -0.2) is 0 Å². The van der Waals surface area contributed by atoms with Crippen LogP contribution < -0.4 is 0 Å². The zero-order valence-electron chi connectivity index (χ0n) is 38.7. The van der Waals surface area contributed by atoms with Gasteiger partial charge in [-0.1, -0.05) is 170 Å². The molecule has 0 atom stereocenters. The summed E-state index contributed by atoms with van der Waals surface area (Å²) in [6.45, 7) is 0. The number of para-hydroxylation sites is 1. The zero-order chi connectivity index (χ0) is 43.6. The summed E-state index contributed by atoms with van der Waals surface area (Å²) in [6.07, 6.45) is 0. The van der Waals surface area contributed by atoms with Crippen LogP contribution in [0.5, 0.6) is 0 Å². The second-order valence-electron chi connectivity index (χ2n) is 11.8. The van der Waals surface area contributed by atoms with Crippen LogP contribution in [0.1, 0.15) is 17.8 Å². The van der Waals surface area contributed by atoms with E-state index in [-0.39, 0.29) is 32.7 Å². The molecule has 10 aromatic rings. The molecule has 0 bridgehead atoms. The molecule has 0 fully saturated rings. The SMILES string of the molecule is [2H]c1c([2H])c([2H])c(-c2c3c([2H])c([2H])c([2H])c([2H])c3c(-c3ccc(-c4ccc5c(c4)oc4c(-c6ccccc6)cccc45)c4ccccc34)c3c([2H])c([2H])c([2H])c([2H])c23)c([2H])c1[2H]. The first kappa shape index (κ1) is 17.6. The molecule has 0 saturated heterocycles. The maximum Gasteiger partial charge on any atom is 0.143 e. The molecular weight excluding hydrogens is 593 g/mol. The van der Waals surface area contributed by atoms with E-state index in [9.17, 15) is 5.48 Å². The molecule has 0 aliphatic carbocycles. The lowest BCUT2D eigenvalue weighted by molar-refractivity contribution is 0.670. The third-order valence-electron chi connectivity index (χ3n) is 9.21. The summed E-state index contributed by atoms with van der Waals surface area (Å²) in [4.78, 5) is 0. The van der Waals surface area contributed by atoms with Gasteiger partial charge in [0.05, 0.1) is 17.8 Å². The van der Waals surface area contributed by atoms with Crippen molar-refractivity contribution in [3.63, 3.8) is 0 Å². The van der Waals surface area contributed by atoms with Gasteiger partial charge in [-0.15, -0.1) is 0 Å². The van der Waals surface area contributed by atoms with Crippen molar-refractivity contribution in [2.75, 3.05) is 0 Å². The van der Waals surface area contributed by atoms with Gasteiger partial charge in [-0.2, -0.15) is 0 Å². The first-order valence-electron chi connectivity index (χ1n) is 22.3. The smallest absolute Gasteiger partial charge is 0.143 e. The van der Waals surface area contributed by atoms with Crippen molar-refractivity contribution in [1.82, 2.24) is 0 Å². The average molecular weight is 636 g/mol. The van der Waals surface area contributed by atoms with Gasteiger partial charge >= 0.3 is 0 Å². The molecule has 0 aliphatic rings. The molecule has 1 aromatic heterocycles. The Morgan fingerprint density at radius 3 is 1.65 bits per heavy atom. The van der Waals surface area contributed by atoms with E-state index in [1.165, 1.54) is 0 Å². The molecule has 0 amide bonds. The number of hydrogen-bond acceptors (Lipinski definition) is 1. The van der Waals surface area contributed by atoms with Gasteiger partial charge in [0.2, 0.25) is 0 Å². The summed E-state index contributed by atoms with van der Waals surface area (Å²) < 4.78 is 122. The zero-order valence-corrected chi connectivity index (χ0v) is 25.7. The second kappa shape index (κ2) is 11.1. The van der Waals surface area contributed by atoms with E-state index >= 15 is 0 Å². The minimum atomic E-state index is -0.716. The second-order valence-corrected chi connectivity index (χ2v) is 11.8. The van der Waals surface area contributed by atoms with Crippen LogP contribution in [0.4, 0.5) is 0 Å². The molecule has 0 saturated carbocycles.